The molecule has 19 heteroatoms. The summed E-state index contributed by atoms with van der Waals surface area (Å²) in [7, 11) is -0.934. The summed E-state index contributed by atoms with van der Waals surface area (Å²) in [5.41, 5.74) is 2.10. The number of benzene rings is 2. The van der Waals surface area contributed by atoms with Crippen molar-refractivity contribution in [1.82, 2.24) is 24.8 Å². The Kier molecular flexibility index (Phi) is 15.3. The Bertz CT molecular complexity index is 3100. The van der Waals surface area contributed by atoms with Gasteiger partial charge in [-0.15, -0.1) is 5.54 Å². The van der Waals surface area contributed by atoms with E-state index in [-0.39, 0.29) is 101 Å². The fourth-order valence-electron chi connectivity index (χ4n) is 12.1. The van der Waals surface area contributed by atoms with Gasteiger partial charge in [0, 0.05) is 49.3 Å². The lowest BCUT2D eigenvalue weighted by atomic mass is 9.87. The lowest BCUT2D eigenvalue weighted by Crippen LogP contribution is -2.52. The summed E-state index contributed by atoms with van der Waals surface area (Å²) in [6.07, 6.45) is 0.907. The number of ether oxygens (including phenoxy) is 6. The second kappa shape index (κ2) is 21.2. The fourth-order valence-corrected chi connectivity index (χ4v) is 17.3. The molecule has 2 amide bonds. The molecule has 6 heterocycles. The minimum absolute atomic E-state index is 0.0218. The molecule has 3 aromatic heterocycles. The average molecular weight is 1080 g/mol. The highest BCUT2D eigenvalue weighted by atomic mass is 28.3. The van der Waals surface area contributed by atoms with Crippen LogP contribution in [0.15, 0.2) is 42.6 Å². The Morgan fingerprint density at radius 3 is 2.26 bits per heavy atom. The van der Waals surface area contributed by atoms with Crippen LogP contribution in [0.1, 0.15) is 126 Å². The van der Waals surface area contributed by atoms with Crippen molar-refractivity contribution in [3.05, 3.63) is 65.4 Å². The summed E-state index contributed by atoms with van der Waals surface area (Å²) in [4.78, 5) is 52.4. The standard InChI is InChI=1S/C58H72F3N7O8Si/c1-33(2)77(34(3)4,35(5)6)25-21-40-42(60)18-17-36-26-39(73-32-71-13)27-41(45(36)40)48-47(61)49-46-51(65-53(64-49)72-31-58-22-15-24-66(58)30-38(59)28-58)67(43-19-20-44(43)74-52(46)63-48)29-37-16-14-23-62-50(37)68(54(69)75-56(7,8)9)55(70)76-57(10,11)12/h14,16-18,23,26-27,33-35,38,43-44H,15,19-20,22,24,28-32H2,1-13H3/t38-,43-,44+,58+/m1/s1. The molecule has 0 spiro atoms. The number of imide groups is 1. The van der Waals surface area contributed by atoms with Gasteiger partial charge in [0.25, 0.3) is 0 Å². The number of hydrogen-bond donors (Lipinski definition) is 0. The van der Waals surface area contributed by atoms with Crippen LogP contribution in [0.25, 0.3) is 32.9 Å². The highest BCUT2D eigenvalue weighted by Gasteiger charge is 2.50. The number of halogens is 3. The van der Waals surface area contributed by atoms with Gasteiger partial charge in [-0.1, -0.05) is 59.6 Å². The number of rotatable bonds is 13. The van der Waals surface area contributed by atoms with E-state index in [0.29, 0.717) is 41.3 Å². The molecule has 2 saturated heterocycles. The molecule has 3 fully saturated rings. The third kappa shape index (κ3) is 10.7. The van der Waals surface area contributed by atoms with Gasteiger partial charge in [-0.3, -0.25) is 4.90 Å². The van der Waals surface area contributed by atoms with Gasteiger partial charge in [0.05, 0.1) is 17.1 Å². The fraction of sp³-hybridized carbons (Fsp3) is 0.552. The number of nitrogens with zero attached hydrogens (tertiary/aromatic N) is 7. The Morgan fingerprint density at radius 1 is 0.922 bits per heavy atom. The van der Waals surface area contributed by atoms with Crippen molar-refractivity contribution >= 4 is 53.6 Å². The van der Waals surface area contributed by atoms with E-state index in [1.165, 1.54) is 19.4 Å². The van der Waals surface area contributed by atoms with Crippen molar-refractivity contribution in [3.63, 3.8) is 0 Å². The summed E-state index contributed by atoms with van der Waals surface area (Å²) in [5, 5.41) is 0.981. The molecule has 0 N–H and O–H groups in total. The summed E-state index contributed by atoms with van der Waals surface area (Å²) >= 11 is 0. The molecule has 412 valence electrons. The normalized spacial score (nSPS) is 20.4. The molecule has 4 aliphatic rings. The lowest BCUT2D eigenvalue weighted by Gasteiger charge is -2.42. The van der Waals surface area contributed by atoms with Crippen LogP contribution < -0.4 is 24.0 Å². The van der Waals surface area contributed by atoms with E-state index in [4.69, 9.17) is 43.4 Å². The van der Waals surface area contributed by atoms with Crippen LogP contribution in [-0.2, 0) is 20.8 Å². The minimum Gasteiger partial charge on any atom is -0.472 e. The van der Waals surface area contributed by atoms with Crippen LogP contribution in [0.3, 0.4) is 0 Å². The van der Waals surface area contributed by atoms with Gasteiger partial charge < -0.3 is 33.3 Å². The Hall–Kier alpha value is -6.23. The average Bonchev–Trinajstić information content (AvgIpc) is 3.92. The number of alkyl halides is 1. The highest BCUT2D eigenvalue weighted by Crippen LogP contribution is 2.49. The molecule has 0 radical (unpaired) electrons. The summed E-state index contributed by atoms with van der Waals surface area (Å²) < 4.78 is 86.7. The first kappa shape index (κ1) is 55.5. The van der Waals surface area contributed by atoms with Crippen molar-refractivity contribution in [2.24, 2.45) is 0 Å². The number of carbonyl (C=O) groups is 2. The summed E-state index contributed by atoms with van der Waals surface area (Å²) in [5.74, 6) is 2.37. The predicted molar refractivity (Wildman–Crippen MR) is 292 cm³/mol. The first-order valence-corrected chi connectivity index (χ1v) is 29.1. The number of fused-ring (bicyclic) bond motifs is 3. The van der Waals surface area contributed by atoms with Gasteiger partial charge in [-0.05, 0) is 120 Å². The number of aromatic nitrogens is 4. The van der Waals surface area contributed by atoms with Crippen LogP contribution in [-0.4, -0.2) is 114 Å². The van der Waals surface area contributed by atoms with Gasteiger partial charge in [-0.2, -0.15) is 14.9 Å². The van der Waals surface area contributed by atoms with E-state index in [0.717, 1.165) is 17.9 Å². The Balaban J connectivity index is 1.27. The van der Waals surface area contributed by atoms with Crippen LogP contribution in [0.5, 0.6) is 17.6 Å². The minimum atomic E-state index is -2.42. The first-order chi connectivity index (χ1) is 36.3. The maximum Gasteiger partial charge on any atom is 0.425 e. The van der Waals surface area contributed by atoms with Gasteiger partial charge in [-0.25, -0.2) is 32.7 Å². The second-order valence-corrected chi connectivity index (χ2v) is 29.5. The number of carbonyl (C=O) groups excluding carboxylic acids is 2. The molecular weight excluding hydrogens is 1010 g/mol. The van der Waals surface area contributed by atoms with Crippen molar-refractivity contribution < 1.29 is 51.2 Å². The van der Waals surface area contributed by atoms with E-state index in [2.05, 4.69) is 62.9 Å². The van der Waals surface area contributed by atoms with Crippen molar-refractivity contribution in [3.8, 4) is 40.4 Å². The number of anilines is 2. The smallest absolute Gasteiger partial charge is 0.425 e. The Labute approximate surface area is 450 Å². The monoisotopic (exact) mass is 1080 g/mol. The molecule has 1 aliphatic carbocycles. The molecule has 9 rings (SSSR count). The molecule has 77 heavy (non-hydrogen) atoms. The third-order valence-electron chi connectivity index (χ3n) is 15.5. The van der Waals surface area contributed by atoms with Crippen LogP contribution in [0, 0.1) is 23.1 Å². The van der Waals surface area contributed by atoms with E-state index >= 15 is 13.2 Å². The zero-order chi connectivity index (χ0) is 55.5. The topological polar surface area (TPSA) is 151 Å². The Morgan fingerprint density at radius 2 is 1.62 bits per heavy atom. The van der Waals surface area contributed by atoms with Gasteiger partial charge in [0.2, 0.25) is 5.88 Å². The molecule has 2 aromatic carbocycles. The summed E-state index contributed by atoms with van der Waals surface area (Å²) in [6, 6.07) is 9.14. The third-order valence-corrected chi connectivity index (χ3v) is 21.8. The zero-order valence-electron chi connectivity index (χ0n) is 46.6. The largest absolute Gasteiger partial charge is 0.472 e. The molecule has 3 aliphatic heterocycles. The van der Waals surface area contributed by atoms with E-state index in [1.54, 1.807) is 71.9 Å². The van der Waals surface area contributed by atoms with Crippen molar-refractivity contribution in [1.29, 1.82) is 0 Å². The van der Waals surface area contributed by atoms with Crippen LogP contribution in [0.2, 0.25) is 16.6 Å². The summed E-state index contributed by atoms with van der Waals surface area (Å²) in [6.45, 7) is 24.1. The maximum atomic E-state index is 18.6. The second-order valence-electron chi connectivity index (χ2n) is 23.9. The van der Waals surface area contributed by atoms with Gasteiger partial charge in [0.1, 0.15) is 72.1 Å². The quantitative estimate of drug-likeness (QED) is 0.0625. The van der Waals surface area contributed by atoms with Crippen molar-refractivity contribution in [2.75, 3.05) is 43.4 Å². The molecule has 0 unspecified atom stereocenters. The maximum absolute atomic E-state index is 18.6. The molecule has 0 bridgehead atoms. The zero-order valence-corrected chi connectivity index (χ0v) is 47.6. The number of hydrogen-bond acceptors (Lipinski definition) is 14. The predicted octanol–water partition coefficient (Wildman–Crippen LogP) is 12.6. The van der Waals surface area contributed by atoms with Crippen LogP contribution in [0.4, 0.5) is 34.4 Å². The highest BCUT2D eigenvalue weighted by molar-refractivity contribution is 6.90. The van der Waals surface area contributed by atoms with Gasteiger partial charge in [0.15, 0.2) is 18.4 Å². The molecule has 1 saturated carbocycles. The number of pyridine rings is 2. The first-order valence-electron chi connectivity index (χ1n) is 26.8. The van der Waals surface area contributed by atoms with Crippen molar-refractivity contribution in [2.45, 2.75) is 173 Å². The SMILES string of the molecule is COCOc1cc(-c2nc3c4c(nc(OC[C@@]56CCCN5C[C@H](F)C6)nc4c2F)N(Cc2cccnc2N(C(=O)OC(C)(C)C)C(=O)OC(C)(C)C)[C@@H]2CC[C@@H]2O3)c2c(C#C[Si](C(C)C)(C(C)C)C(C)C)c(F)ccc2c1. The van der Waals surface area contributed by atoms with E-state index < -0.39 is 67.0 Å². The van der Waals surface area contributed by atoms with Gasteiger partial charge >= 0.3 is 18.2 Å². The molecule has 15 nitrogen and oxygen atoms in total. The number of methoxy groups -OCH3 is 1. The molecule has 4 atom stereocenters. The number of amides is 2. The molecule has 5 aromatic rings. The lowest BCUT2D eigenvalue weighted by molar-refractivity contribution is 0.0427. The van der Waals surface area contributed by atoms with E-state index in [9.17, 15) is 9.59 Å². The van der Waals surface area contributed by atoms with E-state index in [1.807, 2.05) is 4.90 Å². The van der Waals surface area contributed by atoms with Crippen LogP contribution >= 0.6 is 0 Å². The molecular formula is C58H72F3N7O8Si.